The highest BCUT2D eigenvalue weighted by Gasteiger charge is 2.11. The number of H-pyrrole nitrogens is 1. The Morgan fingerprint density at radius 2 is 2.00 bits per heavy atom. The van der Waals surface area contributed by atoms with Crippen molar-refractivity contribution in [3.63, 3.8) is 0 Å². The molecule has 0 aliphatic rings. The van der Waals surface area contributed by atoms with Crippen LogP contribution in [0.3, 0.4) is 0 Å². The van der Waals surface area contributed by atoms with Crippen molar-refractivity contribution in [2.24, 2.45) is 0 Å². The molecule has 0 saturated carbocycles. The molecule has 0 spiro atoms. The van der Waals surface area contributed by atoms with Gasteiger partial charge in [0.15, 0.2) is 0 Å². The molecule has 0 fully saturated rings. The molecule has 0 aliphatic heterocycles. The van der Waals surface area contributed by atoms with E-state index in [1.807, 2.05) is 30.3 Å². The quantitative estimate of drug-likeness (QED) is 0.731. The minimum Gasteiger partial charge on any atom is -0.298 e. The number of thiophene rings is 1. The molecule has 2 heterocycles. The first kappa shape index (κ1) is 12.5. The molecule has 3 aromatic rings. The second-order valence-corrected chi connectivity index (χ2v) is 5.30. The number of fused-ring (bicyclic) bond motifs is 1. The highest BCUT2D eigenvalue weighted by Crippen LogP contribution is 2.30. The first-order chi connectivity index (χ1) is 9.70. The van der Waals surface area contributed by atoms with Crippen LogP contribution in [0.5, 0.6) is 0 Å². The predicted octanol–water partition coefficient (Wildman–Crippen LogP) is 2.05. The third-order valence-corrected chi connectivity index (χ3v) is 4.08. The molecule has 20 heavy (non-hydrogen) atoms. The normalized spacial score (nSPS) is 10.6. The Balaban J connectivity index is 2.28. The lowest BCUT2D eigenvalue weighted by molar-refractivity contribution is 0.743. The Morgan fingerprint density at radius 3 is 2.70 bits per heavy atom. The molecule has 0 saturated heterocycles. The SMILES string of the molecule is C#CCn1c(=O)[nH]c2sc(-c3ccccc3)cc2c1=O. The van der Waals surface area contributed by atoms with Crippen LogP contribution in [-0.4, -0.2) is 9.55 Å². The number of terminal acetylenes is 1. The summed E-state index contributed by atoms with van der Waals surface area (Å²) in [5.74, 6) is 2.32. The maximum atomic E-state index is 12.2. The third-order valence-electron chi connectivity index (χ3n) is 2.98. The summed E-state index contributed by atoms with van der Waals surface area (Å²) in [6, 6.07) is 11.5. The van der Waals surface area contributed by atoms with E-state index in [0.29, 0.717) is 10.2 Å². The van der Waals surface area contributed by atoms with Gasteiger partial charge < -0.3 is 0 Å². The van der Waals surface area contributed by atoms with Crippen LogP contribution >= 0.6 is 11.3 Å². The molecule has 4 nitrogen and oxygen atoms in total. The zero-order valence-corrected chi connectivity index (χ0v) is 11.2. The standard InChI is InChI=1S/C15H10N2O2S/c1-2-8-17-14(18)11-9-12(10-6-4-3-5-7-10)20-13(11)16-15(17)19/h1,3-7,9H,8H2,(H,16,19). The third kappa shape index (κ3) is 1.96. The van der Waals surface area contributed by atoms with Crippen LogP contribution in [0.4, 0.5) is 0 Å². The van der Waals surface area contributed by atoms with Crippen LogP contribution in [0.15, 0.2) is 46.0 Å². The van der Waals surface area contributed by atoms with Crippen molar-refractivity contribution in [1.82, 2.24) is 9.55 Å². The lowest BCUT2D eigenvalue weighted by atomic mass is 10.2. The smallest absolute Gasteiger partial charge is 0.298 e. The van der Waals surface area contributed by atoms with Gasteiger partial charge in [0.25, 0.3) is 5.56 Å². The number of hydrogen-bond acceptors (Lipinski definition) is 3. The average molecular weight is 282 g/mol. The van der Waals surface area contributed by atoms with Crippen LogP contribution < -0.4 is 11.2 Å². The molecular formula is C15H10N2O2S. The predicted molar refractivity (Wildman–Crippen MR) is 81.0 cm³/mol. The Bertz CT molecular complexity index is 926. The number of nitrogens with zero attached hydrogens (tertiary/aromatic N) is 1. The summed E-state index contributed by atoms with van der Waals surface area (Å²) in [6.45, 7) is -0.0272. The van der Waals surface area contributed by atoms with Crippen molar-refractivity contribution in [1.29, 1.82) is 0 Å². The summed E-state index contributed by atoms with van der Waals surface area (Å²) in [5, 5.41) is 0.490. The highest BCUT2D eigenvalue weighted by molar-refractivity contribution is 7.21. The van der Waals surface area contributed by atoms with Gasteiger partial charge in [-0.1, -0.05) is 36.3 Å². The maximum Gasteiger partial charge on any atom is 0.330 e. The van der Waals surface area contributed by atoms with Crippen LogP contribution in [0.1, 0.15) is 0 Å². The van der Waals surface area contributed by atoms with Gasteiger partial charge in [-0.3, -0.25) is 9.78 Å². The van der Waals surface area contributed by atoms with Gasteiger partial charge in [-0.25, -0.2) is 9.36 Å². The van der Waals surface area contributed by atoms with Gasteiger partial charge in [0.2, 0.25) is 0 Å². The zero-order chi connectivity index (χ0) is 14.1. The molecule has 1 aromatic carbocycles. The molecule has 5 heteroatoms. The van der Waals surface area contributed by atoms with Crippen molar-refractivity contribution in [2.75, 3.05) is 0 Å². The monoisotopic (exact) mass is 282 g/mol. The van der Waals surface area contributed by atoms with Gasteiger partial charge in [-0.15, -0.1) is 17.8 Å². The largest absolute Gasteiger partial charge is 0.330 e. The first-order valence-corrected chi connectivity index (χ1v) is 6.78. The molecule has 0 atom stereocenters. The van der Waals surface area contributed by atoms with Crippen LogP contribution in [-0.2, 0) is 6.54 Å². The van der Waals surface area contributed by atoms with E-state index in [1.54, 1.807) is 6.07 Å². The fraction of sp³-hybridized carbons (Fsp3) is 0.0667. The fourth-order valence-corrected chi connectivity index (χ4v) is 3.07. The molecule has 0 amide bonds. The van der Waals surface area contributed by atoms with Crippen LogP contribution in [0, 0.1) is 12.3 Å². The Morgan fingerprint density at radius 1 is 1.25 bits per heavy atom. The van der Waals surface area contributed by atoms with E-state index in [0.717, 1.165) is 15.0 Å². The van der Waals surface area contributed by atoms with Crippen molar-refractivity contribution >= 4 is 21.6 Å². The van der Waals surface area contributed by atoms with Crippen molar-refractivity contribution in [2.45, 2.75) is 6.54 Å². The van der Waals surface area contributed by atoms with Crippen molar-refractivity contribution in [3.05, 3.63) is 57.2 Å². The molecule has 0 radical (unpaired) electrons. The van der Waals surface area contributed by atoms with Crippen LogP contribution in [0.2, 0.25) is 0 Å². The first-order valence-electron chi connectivity index (χ1n) is 5.96. The Kier molecular flexibility index (Phi) is 3.01. The minimum absolute atomic E-state index is 0.0272. The molecular weight excluding hydrogens is 272 g/mol. The molecule has 2 aromatic heterocycles. The summed E-state index contributed by atoms with van der Waals surface area (Å²) in [4.78, 5) is 28.3. The Hall–Kier alpha value is -2.58. The summed E-state index contributed by atoms with van der Waals surface area (Å²) in [5.41, 5.74) is 0.194. The van der Waals surface area contributed by atoms with E-state index in [4.69, 9.17) is 6.42 Å². The fourth-order valence-electron chi connectivity index (χ4n) is 2.02. The molecule has 3 rings (SSSR count). The molecule has 0 bridgehead atoms. The van der Waals surface area contributed by atoms with E-state index in [-0.39, 0.29) is 12.1 Å². The number of benzene rings is 1. The second-order valence-electron chi connectivity index (χ2n) is 4.25. The van der Waals surface area contributed by atoms with Gasteiger partial charge in [-0.2, -0.15) is 0 Å². The van der Waals surface area contributed by atoms with Crippen molar-refractivity contribution in [3.8, 4) is 22.8 Å². The zero-order valence-electron chi connectivity index (χ0n) is 10.4. The molecule has 0 unspecified atom stereocenters. The summed E-state index contributed by atoms with van der Waals surface area (Å²) < 4.78 is 1.03. The van der Waals surface area contributed by atoms with E-state index >= 15 is 0 Å². The second kappa shape index (κ2) is 4.83. The van der Waals surface area contributed by atoms with Gasteiger partial charge >= 0.3 is 5.69 Å². The number of aromatic nitrogens is 2. The van der Waals surface area contributed by atoms with E-state index in [1.165, 1.54) is 11.3 Å². The molecule has 1 N–H and O–H groups in total. The van der Waals surface area contributed by atoms with E-state index < -0.39 is 5.69 Å². The Labute approximate surface area is 118 Å². The van der Waals surface area contributed by atoms with E-state index in [9.17, 15) is 9.59 Å². The van der Waals surface area contributed by atoms with E-state index in [2.05, 4.69) is 10.9 Å². The molecule has 0 aliphatic carbocycles. The highest BCUT2D eigenvalue weighted by atomic mass is 32.1. The average Bonchev–Trinajstić information content (AvgIpc) is 2.88. The molecule has 98 valence electrons. The lowest BCUT2D eigenvalue weighted by Gasteiger charge is -1.98. The van der Waals surface area contributed by atoms with Crippen LogP contribution in [0.25, 0.3) is 20.7 Å². The number of aromatic amines is 1. The van der Waals surface area contributed by atoms with Crippen molar-refractivity contribution < 1.29 is 0 Å². The minimum atomic E-state index is -0.470. The number of hydrogen-bond donors (Lipinski definition) is 1. The summed E-state index contributed by atoms with van der Waals surface area (Å²) in [6.07, 6.45) is 5.18. The maximum absolute atomic E-state index is 12.2. The topological polar surface area (TPSA) is 54.9 Å². The van der Waals surface area contributed by atoms with Gasteiger partial charge in [0.05, 0.1) is 11.9 Å². The number of nitrogens with one attached hydrogen (secondary N) is 1. The lowest BCUT2D eigenvalue weighted by Crippen LogP contribution is -2.34. The summed E-state index contributed by atoms with van der Waals surface area (Å²) >= 11 is 1.38. The van der Waals surface area contributed by atoms with Gasteiger partial charge in [0.1, 0.15) is 4.83 Å². The summed E-state index contributed by atoms with van der Waals surface area (Å²) in [7, 11) is 0. The van der Waals surface area contributed by atoms with Gasteiger partial charge in [-0.05, 0) is 11.6 Å². The number of rotatable bonds is 2. The van der Waals surface area contributed by atoms with Gasteiger partial charge in [0, 0.05) is 4.88 Å².